The van der Waals surface area contributed by atoms with Crippen LogP contribution < -0.4 is 9.47 Å². The molecule has 2 rings (SSSR count). The molecule has 0 fully saturated rings. The van der Waals surface area contributed by atoms with Crippen molar-refractivity contribution in [2.45, 2.75) is 0 Å². The molecule has 0 saturated heterocycles. The fourth-order valence-electron chi connectivity index (χ4n) is 1.64. The van der Waals surface area contributed by atoms with E-state index in [9.17, 15) is 9.59 Å². The van der Waals surface area contributed by atoms with Gasteiger partial charge in [-0.05, 0) is 24.3 Å². The monoisotopic (exact) mass is 256 g/mol. The van der Waals surface area contributed by atoms with Gasteiger partial charge in [0.25, 0.3) is 0 Å². The Hall–Kier alpha value is -2.62. The highest BCUT2D eigenvalue weighted by molar-refractivity contribution is 5.95. The lowest BCUT2D eigenvalue weighted by atomic mass is 10.2. The molecule has 96 valence electrons. The molecule has 0 radical (unpaired) electrons. The average Bonchev–Trinajstić information content (AvgIpc) is 2.47. The van der Waals surface area contributed by atoms with Crippen LogP contribution in [-0.4, -0.2) is 19.4 Å². The number of benzene rings is 2. The summed E-state index contributed by atoms with van der Waals surface area (Å²) in [6.07, 6.45) is 0.644. The van der Waals surface area contributed by atoms with Gasteiger partial charge in [0.15, 0.2) is 6.29 Å². The molecular formula is C15H12O4. The van der Waals surface area contributed by atoms with Crippen molar-refractivity contribution in [2.75, 3.05) is 7.11 Å². The van der Waals surface area contributed by atoms with Gasteiger partial charge in [0.05, 0.1) is 12.7 Å². The van der Waals surface area contributed by atoms with E-state index in [0.717, 1.165) is 0 Å². The summed E-state index contributed by atoms with van der Waals surface area (Å²) in [6, 6.07) is 13.3. The van der Waals surface area contributed by atoms with Crippen molar-refractivity contribution in [2.24, 2.45) is 0 Å². The number of rotatable bonds is 4. The Bertz CT molecular complexity index is 605. The van der Waals surface area contributed by atoms with Gasteiger partial charge in [0, 0.05) is 0 Å². The topological polar surface area (TPSA) is 52.6 Å². The van der Waals surface area contributed by atoms with E-state index >= 15 is 0 Å². The number of carbonyl (C=O) groups is 2. The molecule has 0 aliphatic carbocycles. The maximum atomic E-state index is 12.0. The Morgan fingerprint density at radius 3 is 2.32 bits per heavy atom. The van der Waals surface area contributed by atoms with Crippen LogP contribution >= 0.6 is 0 Å². The molecule has 2 aromatic carbocycles. The molecular weight excluding hydrogens is 244 g/mol. The van der Waals surface area contributed by atoms with E-state index in [2.05, 4.69) is 0 Å². The molecule has 0 spiro atoms. The smallest absolute Gasteiger partial charge is 0.347 e. The normalized spacial score (nSPS) is 9.74. The maximum Gasteiger partial charge on any atom is 0.347 e. The highest BCUT2D eigenvalue weighted by atomic mass is 16.5. The predicted octanol–water partition coefficient (Wildman–Crippen LogP) is 2.73. The minimum Gasteiger partial charge on any atom is -0.496 e. The van der Waals surface area contributed by atoms with E-state index in [4.69, 9.17) is 9.47 Å². The van der Waals surface area contributed by atoms with Crippen LogP contribution in [0.4, 0.5) is 0 Å². The molecule has 0 aliphatic rings. The molecule has 4 nitrogen and oxygen atoms in total. The summed E-state index contributed by atoms with van der Waals surface area (Å²) in [5.74, 6) is 0.0937. The van der Waals surface area contributed by atoms with Gasteiger partial charge in [-0.2, -0.15) is 0 Å². The highest BCUT2D eigenvalue weighted by Gasteiger charge is 2.15. The first-order chi connectivity index (χ1) is 9.26. The van der Waals surface area contributed by atoms with Crippen molar-refractivity contribution in [1.29, 1.82) is 0 Å². The second kappa shape index (κ2) is 5.82. The summed E-state index contributed by atoms with van der Waals surface area (Å²) in [6.45, 7) is 0. The van der Waals surface area contributed by atoms with Gasteiger partial charge < -0.3 is 9.47 Å². The number of hydrogen-bond donors (Lipinski definition) is 0. The molecule has 0 atom stereocenters. The summed E-state index contributed by atoms with van der Waals surface area (Å²) in [5, 5.41) is 0. The zero-order chi connectivity index (χ0) is 13.7. The lowest BCUT2D eigenvalue weighted by molar-refractivity contribution is 0.0730. The minimum absolute atomic E-state index is 0.230. The first-order valence-corrected chi connectivity index (χ1v) is 5.65. The van der Waals surface area contributed by atoms with Crippen molar-refractivity contribution < 1.29 is 19.1 Å². The first kappa shape index (κ1) is 12.8. The van der Waals surface area contributed by atoms with Gasteiger partial charge in [-0.25, -0.2) is 4.79 Å². The maximum absolute atomic E-state index is 12.0. The third-order valence-corrected chi connectivity index (χ3v) is 2.58. The Morgan fingerprint density at radius 2 is 1.63 bits per heavy atom. The Kier molecular flexibility index (Phi) is 3.93. The third kappa shape index (κ3) is 2.80. The fourth-order valence-corrected chi connectivity index (χ4v) is 1.64. The fraction of sp³-hybridized carbons (Fsp3) is 0.0667. The molecule has 0 aromatic heterocycles. The van der Waals surface area contributed by atoms with Crippen LogP contribution in [0, 0.1) is 0 Å². The largest absolute Gasteiger partial charge is 0.496 e. The van der Waals surface area contributed by atoms with Crippen molar-refractivity contribution in [1.82, 2.24) is 0 Å². The van der Waals surface area contributed by atoms with Crippen LogP contribution in [0.15, 0.2) is 48.5 Å². The lowest BCUT2D eigenvalue weighted by Gasteiger charge is -2.09. The van der Waals surface area contributed by atoms with Gasteiger partial charge in [-0.1, -0.05) is 24.3 Å². The third-order valence-electron chi connectivity index (χ3n) is 2.58. The number of carbonyl (C=O) groups excluding carboxylic acids is 2. The number of ether oxygens (including phenoxy) is 2. The van der Waals surface area contributed by atoms with Gasteiger partial charge in [-0.15, -0.1) is 0 Å². The van der Waals surface area contributed by atoms with Gasteiger partial charge >= 0.3 is 5.97 Å². The molecule has 0 heterocycles. The number of esters is 1. The molecule has 0 aliphatic heterocycles. The molecule has 0 amide bonds. The Labute approximate surface area is 110 Å². The molecule has 0 saturated carbocycles. The zero-order valence-corrected chi connectivity index (χ0v) is 10.3. The van der Waals surface area contributed by atoms with Gasteiger partial charge in [0.2, 0.25) is 0 Å². The quantitative estimate of drug-likeness (QED) is 0.479. The van der Waals surface area contributed by atoms with Crippen LogP contribution in [0.5, 0.6) is 11.5 Å². The van der Waals surface area contributed by atoms with Crippen LogP contribution in [-0.2, 0) is 0 Å². The summed E-state index contributed by atoms with van der Waals surface area (Å²) in [7, 11) is 1.48. The predicted molar refractivity (Wildman–Crippen MR) is 69.8 cm³/mol. The Morgan fingerprint density at radius 1 is 1.00 bits per heavy atom. The average molecular weight is 256 g/mol. The number of hydrogen-bond acceptors (Lipinski definition) is 4. The van der Waals surface area contributed by atoms with Crippen LogP contribution in [0.1, 0.15) is 20.7 Å². The zero-order valence-electron chi connectivity index (χ0n) is 10.3. The number of aldehydes is 1. The van der Waals surface area contributed by atoms with Gasteiger partial charge in [0.1, 0.15) is 17.1 Å². The summed E-state index contributed by atoms with van der Waals surface area (Å²) >= 11 is 0. The van der Waals surface area contributed by atoms with E-state index in [-0.39, 0.29) is 5.75 Å². The second-order valence-corrected chi connectivity index (χ2v) is 3.75. The van der Waals surface area contributed by atoms with Gasteiger partial charge in [-0.3, -0.25) is 4.79 Å². The number of methoxy groups -OCH3 is 1. The standard InChI is InChI=1S/C15H12O4/c1-18-14-9-5-3-7-12(14)15(17)19-13-8-4-2-6-11(13)10-16/h2-10H,1H3. The molecule has 0 bridgehead atoms. The molecule has 2 aromatic rings. The molecule has 0 N–H and O–H groups in total. The molecule has 19 heavy (non-hydrogen) atoms. The summed E-state index contributed by atoms with van der Waals surface area (Å²) < 4.78 is 10.3. The van der Waals surface area contributed by atoms with Crippen molar-refractivity contribution in [3.63, 3.8) is 0 Å². The van der Waals surface area contributed by atoms with Crippen molar-refractivity contribution in [3.05, 3.63) is 59.7 Å². The SMILES string of the molecule is COc1ccccc1C(=O)Oc1ccccc1C=O. The highest BCUT2D eigenvalue weighted by Crippen LogP contribution is 2.22. The van der Waals surface area contributed by atoms with Crippen molar-refractivity contribution >= 4 is 12.3 Å². The molecule has 4 heteroatoms. The van der Waals surface area contributed by atoms with E-state index < -0.39 is 5.97 Å². The van der Waals surface area contributed by atoms with E-state index in [1.807, 2.05) is 0 Å². The van der Waals surface area contributed by atoms with Crippen LogP contribution in [0.3, 0.4) is 0 Å². The summed E-state index contributed by atoms with van der Waals surface area (Å²) in [5.41, 5.74) is 0.636. The number of para-hydroxylation sites is 2. The molecule has 0 unspecified atom stereocenters. The Balaban J connectivity index is 2.28. The van der Waals surface area contributed by atoms with Crippen molar-refractivity contribution in [3.8, 4) is 11.5 Å². The van der Waals surface area contributed by atoms with E-state index in [1.165, 1.54) is 7.11 Å². The lowest BCUT2D eigenvalue weighted by Crippen LogP contribution is -2.11. The summed E-state index contributed by atoms with van der Waals surface area (Å²) in [4.78, 5) is 22.9. The van der Waals surface area contributed by atoms with Crippen LogP contribution in [0.25, 0.3) is 0 Å². The van der Waals surface area contributed by atoms with E-state index in [0.29, 0.717) is 23.2 Å². The van der Waals surface area contributed by atoms with Crippen LogP contribution in [0.2, 0.25) is 0 Å². The van der Waals surface area contributed by atoms with E-state index in [1.54, 1.807) is 48.5 Å². The minimum atomic E-state index is -0.563. The second-order valence-electron chi connectivity index (χ2n) is 3.75. The first-order valence-electron chi connectivity index (χ1n) is 5.65.